The van der Waals surface area contributed by atoms with Gasteiger partial charge in [0, 0.05) is 29.3 Å². The third kappa shape index (κ3) is 3.95. The van der Waals surface area contributed by atoms with Crippen molar-refractivity contribution in [3.63, 3.8) is 0 Å². The summed E-state index contributed by atoms with van der Waals surface area (Å²) in [6, 6.07) is 3.26. The van der Waals surface area contributed by atoms with Crippen molar-refractivity contribution in [2.75, 3.05) is 13.1 Å². The minimum atomic E-state index is -4.21. The van der Waals surface area contributed by atoms with Gasteiger partial charge in [0.15, 0.2) is 0 Å². The minimum Gasteiger partial charge on any atom is -0.339 e. The van der Waals surface area contributed by atoms with E-state index in [4.69, 9.17) is 10.7 Å². The Morgan fingerprint density at radius 1 is 1.33 bits per heavy atom. The van der Waals surface area contributed by atoms with Crippen molar-refractivity contribution < 1.29 is 17.6 Å². The zero-order valence-electron chi connectivity index (χ0n) is 11.7. The Morgan fingerprint density at radius 2 is 2.05 bits per heavy atom. The molecular weight excluding hydrogens is 317 g/mol. The van der Waals surface area contributed by atoms with Crippen LogP contribution in [0.25, 0.3) is 0 Å². The number of hydrogen-bond acceptors (Lipinski definition) is 3. The van der Waals surface area contributed by atoms with Gasteiger partial charge < -0.3 is 4.90 Å². The lowest BCUT2D eigenvalue weighted by molar-refractivity contribution is 0.0760. The second kappa shape index (κ2) is 6.32. The topological polar surface area (TPSA) is 54.5 Å². The lowest BCUT2D eigenvalue weighted by atomic mass is 10.0. The van der Waals surface area contributed by atoms with Crippen LogP contribution in [0, 0.1) is 11.7 Å². The molecule has 0 N–H and O–H groups in total. The van der Waals surface area contributed by atoms with Crippen molar-refractivity contribution in [1.29, 1.82) is 0 Å². The van der Waals surface area contributed by atoms with Crippen molar-refractivity contribution >= 4 is 25.6 Å². The molecule has 1 aromatic rings. The maximum atomic E-state index is 13.5. The van der Waals surface area contributed by atoms with Gasteiger partial charge in [-0.1, -0.05) is 6.92 Å². The Labute approximate surface area is 128 Å². The van der Waals surface area contributed by atoms with E-state index >= 15 is 0 Å². The van der Waals surface area contributed by atoms with Crippen LogP contribution in [0.15, 0.2) is 23.1 Å². The fourth-order valence-corrected chi connectivity index (χ4v) is 3.40. The monoisotopic (exact) mass is 333 g/mol. The molecule has 21 heavy (non-hydrogen) atoms. The first kappa shape index (κ1) is 16.2. The molecule has 0 saturated carbocycles. The summed E-state index contributed by atoms with van der Waals surface area (Å²) >= 11 is 0. The molecule has 1 heterocycles. The number of halogens is 2. The molecule has 1 atom stereocenters. The number of likely N-dealkylation sites (tertiary alicyclic amines) is 1. The molecule has 7 heteroatoms. The molecule has 1 fully saturated rings. The first-order valence-corrected chi connectivity index (χ1v) is 9.13. The Morgan fingerprint density at radius 3 is 2.71 bits per heavy atom. The standard InChI is InChI=1S/C14H17ClFNO3S/c1-10-3-2-7-17(8-6-10)14(18)11-4-5-12(16)13(9-11)21(15,19)20/h4-5,9-10H,2-3,6-8H2,1H3. The second-order valence-electron chi connectivity index (χ2n) is 5.41. The van der Waals surface area contributed by atoms with Gasteiger partial charge in [0.05, 0.1) is 0 Å². The maximum absolute atomic E-state index is 13.5. The van der Waals surface area contributed by atoms with Crippen molar-refractivity contribution in [2.24, 2.45) is 5.92 Å². The van der Waals surface area contributed by atoms with E-state index in [1.165, 1.54) is 6.07 Å². The third-order valence-electron chi connectivity index (χ3n) is 3.74. The van der Waals surface area contributed by atoms with E-state index in [1.807, 2.05) is 0 Å². The SMILES string of the molecule is CC1CCCN(C(=O)c2ccc(F)c(S(=O)(=O)Cl)c2)CC1. The van der Waals surface area contributed by atoms with Gasteiger partial charge in [-0.25, -0.2) is 12.8 Å². The number of nitrogens with zero attached hydrogens (tertiary/aromatic N) is 1. The van der Waals surface area contributed by atoms with Gasteiger partial charge in [0.1, 0.15) is 10.7 Å². The summed E-state index contributed by atoms with van der Waals surface area (Å²) in [4.78, 5) is 13.4. The van der Waals surface area contributed by atoms with Gasteiger partial charge in [0.2, 0.25) is 0 Å². The van der Waals surface area contributed by atoms with Crippen LogP contribution in [0.5, 0.6) is 0 Å². The molecule has 1 unspecified atom stereocenters. The molecule has 4 nitrogen and oxygen atoms in total. The third-order valence-corrected chi connectivity index (χ3v) is 5.08. The van der Waals surface area contributed by atoms with E-state index in [9.17, 15) is 17.6 Å². The van der Waals surface area contributed by atoms with Gasteiger partial charge in [-0.3, -0.25) is 4.79 Å². The second-order valence-corrected chi connectivity index (χ2v) is 7.95. The fraction of sp³-hybridized carbons (Fsp3) is 0.500. The molecule has 1 aliphatic heterocycles. The van der Waals surface area contributed by atoms with Gasteiger partial charge in [-0.15, -0.1) is 0 Å². The highest BCUT2D eigenvalue weighted by atomic mass is 35.7. The number of carbonyl (C=O) groups excluding carboxylic acids is 1. The normalized spacial score (nSPS) is 20.1. The smallest absolute Gasteiger partial charge is 0.264 e. The molecule has 0 aromatic heterocycles. The molecule has 1 saturated heterocycles. The van der Waals surface area contributed by atoms with Crippen LogP contribution in [-0.2, 0) is 9.05 Å². The van der Waals surface area contributed by atoms with Crippen molar-refractivity contribution in [1.82, 2.24) is 4.90 Å². The molecule has 1 amide bonds. The van der Waals surface area contributed by atoms with E-state index in [2.05, 4.69) is 6.92 Å². The predicted octanol–water partition coefficient (Wildman–Crippen LogP) is 3.02. The minimum absolute atomic E-state index is 0.144. The average Bonchev–Trinajstić information content (AvgIpc) is 2.62. The summed E-state index contributed by atoms with van der Waals surface area (Å²) in [5.74, 6) is -0.675. The van der Waals surface area contributed by atoms with E-state index in [0.717, 1.165) is 31.4 Å². The molecule has 0 spiro atoms. The van der Waals surface area contributed by atoms with Crippen LogP contribution in [0.4, 0.5) is 4.39 Å². The molecular formula is C14H17ClFNO3S. The zero-order chi connectivity index (χ0) is 15.6. The van der Waals surface area contributed by atoms with Crippen LogP contribution in [0.3, 0.4) is 0 Å². The number of amides is 1. The summed E-state index contributed by atoms with van der Waals surface area (Å²) in [6.45, 7) is 3.40. The molecule has 1 aromatic carbocycles. The Bertz CT molecular complexity index is 648. The predicted molar refractivity (Wildman–Crippen MR) is 78.4 cm³/mol. The summed E-state index contributed by atoms with van der Waals surface area (Å²) in [7, 11) is 0.969. The summed E-state index contributed by atoms with van der Waals surface area (Å²) in [6.07, 6.45) is 2.89. The van der Waals surface area contributed by atoms with Gasteiger partial charge in [-0.2, -0.15) is 0 Å². The molecule has 116 valence electrons. The maximum Gasteiger partial charge on any atom is 0.264 e. The quantitative estimate of drug-likeness (QED) is 0.782. The summed E-state index contributed by atoms with van der Waals surface area (Å²) < 4.78 is 36.1. The van der Waals surface area contributed by atoms with Crippen LogP contribution in [0.2, 0.25) is 0 Å². The van der Waals surface area contributed by atoms with Gasteiger partial charge in [-0.05, 0) is 43.4 Å². The summed E-state index contributed by atoms with van der Waals surface area (Å²) in [5, 5.41) is 0. The largest absolute Gasteiger partial charge is 0.339 e. The lowest BCUT2D eigenvalue weighted by Gasteiger charge is -2.20. The first-order chi connectivity index (χ1) is 9.79. The number of carbonyl (C=O) groups is 1. The highest BCUT2D eigenvalue weighted by Gasteiger charge is 2.23. The molecule has 0 bridgehead atoms. The average molecular weight is 334 g/mol. The highest BCUT2D eigenvalue weighted by Crippen LogP contribution is 2.23. The first-order valence-electron chi connectivity index (χ1n) is 6.82. The van der Waals surface area contributed by atoms with Crippen molar-refractivity contribution in [2.45, 2.75) is 31.1 Å². The molecule has 1 aliphatic rings. The van der Waals surface area contributed by atoms with E-state index < -0.39 is 19.8 Å². The Hall–Kier alpha value is -1.14. The van der Waals surface area contributed by atoms with E-state index in [0.29, 0.717) is 19.0 Å². The van der Waals surface area contributed by atoms with Gasteiger partial charge in [0.25, 0.3) is 15.0 Å². The van der Waals surface area contributed by atoms with Gasteiger partial charge >= 0.3 is 0 Å². The Kier molecular flexibility index (Phi) is 4.88. The number of rotatable bonds is 2. The van der Waals surface area contributed by atoms with Crippen molar-refractivity contribution in [3.8, 4) is 0 Å². The van der Waals surface area contributed by atoms with Crippen molar-refractivity contribution in [3.05, 3.63) is 29.6 Å². The number of hydrogen-bond donors (Lipinski definition) is 0. The van der Waals surface area contributed by atoms with E-state index in [1.54, 1.807) is 4.90 Å². The van der Waals surface area contributed by atoms with Crippen LogP contribution < -0.4 is 0 Å². The van der Waals surface area contributed by atoms with E-state index in [-0.39, 0.29) is 11.5 Å². The zero-order valence-corrected chi connectivity index (χ0v) is 13.3. The fourth-order valence-electron chi connectivity index (χ4n) is 2.47. The van der Waals surface area contributed by atoms with Crippen LogP contribution in [-0.4, -0.2) is 32.3 Å². The number of benzene rings is 1. The highest BCUT2D eigenvalue weighted by molar-refractivity contribution is 8.13. The molecule has 0 aliphatic carbocycles. The van der Waals surface area contributed by atoms with Crippen LogP contribution in [0.1, 0.15) is 36.5 Å². The Balaban J connectivity index is 2.27. The van der Waals surface area contributed by atoms with Crippen LogP contribution >= 0.6 is 10.7 Å². The molecule has 0 radical (unpaired) electrons. The lowest BCUT2D eigenvalue weighted by Crippen LogP contribution is -2.32. The summed E-state index contributed by atoms with van der Waals surface area (Å²) in [5.41, 5.74) is 0.144. The molecule has 2 rings (SSSR count).